The van der Waals surface area contributed by atoms with Gasteiger partial charge in [-0.15, -0.1) is 12.3 Å². The van der Waals surface area contributed by atoms with Crippen molar-refractivity contribution in [1.82, 2.24) is 0 Å². The van der Waals surface area contributed by atoms with Crippen molar-refractivity contribution in [2.75, 3.05) is 7.11 Å². The first-order chi connectivity index (χ1) is 7.56. The van der Waals surface area contributed by atoms with Gasteiger partial charge in [0.1, 0.15) is 6.10 Å². The molecule has 0 aromatic carbocycles. The van der Waals surface area contributed by atoms with Crippen molar-refractivity contribution in [2.24, 2.45) is 11.8 Å². The molecule has 1 aliphatic rings. The van der Waals surface area contributed by atoms with Gasteiger partial charge >= 0.3 is 0 Å². The topological polar surface area (TPSA) is 42.0 Å². The predicted molar refractivity (Wildman–Crippen MR) is 62.9 cm³/mol. The molecule has 3 heteroatoms. The Balaban J connectivity index is 2.47. The summed E-state index contributed by atoms with van der Waals surface area (Å²) < 4.78 is 10.9. The van der Waals surface area contributed by atoms with Gasteiger partial charge in [0.25, 0.3) is 0 Å². The average molecular weight is 226 g/mol. The van der Waals surface area contributed by atoms with E-state index >= 15 is 0 Å². The van der Waals surface area contributed by atoms with Gasteiger partial charge in [-0.05, 0) is 13.3 Å². The zero-order valence-electron chi connectivity index (χ0n) is 10.5. The monoisotopic (exact) mass is 226 g/mol. The Bertz CT molecular complexity index is 254. The third-order valence-corrected chi connectivity index (χ3v) is 3.48. The number of methoxy groups -OCH3 is 1. The third kappa shape index (κ3) is 2.76. The van der Waals surface area contributed by atoms with E-state index in [-0.39, 0.29) is 24.2 Å². The smallest absolute Gasteiger partial charge is 0.112 e. The molecule has 0 aromatic rings. The number of epoxide rings is 1. The second kappa shape index (κ2) is 5.67. The van der Waals surface area contributed by atoms with Crippen LogP contribution in [0.1, 0.15) is 27.2 Å². The number of aliphatic hydroxyl groups excluding tert-OH is 1. The molecule has 1 aliphatic heterocycles. The van der Waals surface area contributed by atoms with Gasteiger partial charge in [-0.1, -0.05) is 13.8 Å². The van der Waals surface area contributed by atoms with Crippen LogP contribution in [0.4, 0.5) is 0 Å². The van der Waals surface area contributed by atoms with Gasteiger partial charge in [0.15, 0.2) is 0 Å². The molecule has 16 heavy (non-hydrogen) atoms. The molecule has 1 heterocycles. The van der Waals surface area contributed by atoms with Crippen molar-refractivity contribution >= 4 is 0 Å². The minimum Gasteiger partial charge on any atom is -0.389 e. The fraction of sp³-hybridized carbons (Fsp3) is 0.846. The van der Waals surface area contributed by atoms with E-state index in [9.17, 15) is 5.11 Å². The molecule has 1 rings (SSSR count). The Hall–Kier alpha value is -0.560. The summed E-state index contributed by atoms with van der Waals surface area (Å²) in [4.78, 5) is 0. The van der Waals surface area contributed by atoms with Crippen molar-refractivity contribution in [2.45, 2.75) is 51.6 Å². The predicted octanol–water partition coefficient (Wildman–Crippen LogP) is 1.45. The maximum absolute atomic E-state index is 9.90. The molecule has 92 valence electrons. The first kappa shape index (κ1) is 13.5. The number of hydrogen-bond acceptors (Lipinski definition) is 3. The van der Waals surface area contributed by atoms with Crippen LogP contribution >= 0.6 is 0 Å². The highest BCUT2D eigenvalue weighted by Crippen LogP contribution is 2.37. The standard InChI is InChI=1S/C13H22O3/c1-6-8(3)11(14)13-12(16-13)9(4)10(7-2)15-5/h1,8-14H,7H2,2-5H3/t8-,9+,10-,11+,12-,13-/m1/s1. The number of aliphatic hydroxyl groups is 1. The molecule has 0 aromatic heterocycles. The number of terminal acetylenes is 1. The van der Waals surface area contributed by atoms with Crippen LogP contribution in [0.5, 0.6) is 0 Å². The molecular weight excluding hydrogens is 204 g/mol. The largest absolute Gasteiger partial charge is 0.389 e. The summed E-state index contributed by atoms with van der Waals surface area (Å²) in [7, 11) is 1.71. The second-order valence-electron chi connectivity index (χ2n) is 4.55. The Morgan fingerprint density at radius 1 is 1.44 bits per heavy atom. The van der Waals surface area contributed by atoms with E-state index in [1.54, 1.807) is 7.11 Å². The van der Waals surface area contributed by atoms with E-state index in [4.69, 9.17) is 15.9 Å². The zero-order chi connectivity index (χ0) is 12.3. The summed E-state index contributed by atoms with van der Waals surface area (Å²) in [5.74, 6) is 2.67. The quantitative estimate of drug-likeness (QED) is 0.550. The lowest BCUT2D eigenvalue weighted by Crippen LogP contribution is -2.30. The van der Waals surface area contributed by atoms with Crippen molar-refractivity contribution in [1.29, 1.82) is 0 Å². The molecule has 6 atom stereocenters. The van der Waals surface area contributed by atoms with E-state index in [0.717, 1.165) is 6.42 Å². The lowest BCUT2D eigenvalue weighted by molar-refractivity contribution is 0.0445. The van der Waals surface area contributed by atoms with E-state index in [1.807, 2.05) is 6.92 Å². The van der Waals surface area contributed by atoms with Crippen LogP contribution in [0, 0.1) is 24.2 Å². The lowest BCUT2D eigenvalue weighted by Gasteiger charge is -2.20. The summed E-state index contributed by atoms with van der Waals surface area (Å²) in [6, 6.07) is 0. The van der Waals surface area contributed by atoms with Crippen LogP contribution in [0.25, 0.3) is 0 Å². The fourth-order valence-electron chi connectivity index (χ4n) is 2.18. The summed E-state index contributed by atoms with van der Waals surface area (Å²) >= 11 is 0. The molecule has 0 bridgehead atoms. The average Bonchev–Trinajstić information content (AvgIpc) is 3.08. The van der Waals surface area contributed by atoms with Crippen molar-refractivity contribution in [3.05, 3.63) is 0 Å². The highest BCUT2D eigenvalue weighted by molar-refractivity contribution is 5.04. The Morgan fingerprint density at radius 3 is 2.50 bits per heavy atom. The molecule has 1 fully saturated rings. The molecular formula is C13H22O3. The molecule has 0 radical (unpaired) electrons. The van der Waals surface area contributed by atoms with Crippen molar-refractivity contribution < 1.29 is 14.6 Å². The first-order valence-electron chi connectivity index (χ1n) is 5.89. The number of rotatable bonds is 6. The van der Waals surface area contributed by atoms with Gasteiger partial charge in [-0.3, -0.25) is 0 Å². The van der Waals surface area contributed by atoms with Gasteiger partial charge in [0.05, 0.1) is 18.3 Å². The van der Waals surface area contributed by atoms with E-state index in [0.29, 0.717) is 5.92 Å². The Kier molecular flexibility index (Phi) is 4.79. The molecule has 1 N–H and O–H groups in total. The Labute approximate surface area is 98.1 Å². The van der Waals surface area contributed by atoms with Gasteiger partial charge < -0.3 is 14.6 Å². The highest BCUT2D eigenvalue weighted by atomic mass is 16.6. The maximum Gasteiger partial charge on any atom is 0.112 e. The molecule has 1 saturated heterocycles. The molecule has 0 saturated carbocycles. The SMILES string of the molecule is C#C[C@@H](C)[C@H](O)[C@H]1O[C@@H]1[C@@H](C)[C@@H](CC)OC. The van der Waals surface area contributed by atoms with Crippen LogP contribution in [-0.4, -0.2) is 36.6 Å². The minimum atomic E-state index is -0.563. The van der Waals surface area contributed by atoms with Crippen LogP contribution < -0.4 is 0 Å². The van der Waals surface area contributed by atoms with E-state index < -0.39 is 6.10 Å². The summed E-state index contributed by atoms with van der Waals surface area (Å²) in [5.41, 5.74) is 0. The van der Waals surface area contributed by atoms with Crippen LogP contribution in [0.3, 0.4) is 0 Å². The summed E-state index contributed by atoms with van der Waals surface area (Å²) in [5, 5.41) is 9.90. The number of ether oxygens (including phenoxy) is 2. The first-order valence-corrected chi connectivity index (χ1v) is 5.89. The fourth-order valence-corrected chi connectivity index (χ4v) is 2.18. The normalized spacial score (nSPS) is 31.2. The maximum atomic E-state index is 9.90. The molecule has 0 spiro atoms. The van der Waals surface area contributed by atoms with E-state index in [2.05, 4.69) is 19.8 Å². The minimum absolute atomic E-state index is 0.0794. The summed E-state index contributed by atoms with van der Waals surface area (Å²) in [6.07, 6.45) is 5.81. The van der Waals surface area contributed by atoms with Crippen molar-refractivity contribution in [3.8, 4) is 12.3 Å². The zero-order valence-corrected chi connectivity index (χ0v) is 10.5. The lowest BCUT2D eigenvalue weighted by atomic mass is 9.92. The molecule has 0 amide bonds. The van der Waals surface area contributed by atoms with Gasteiger partial charge in [-0.2, -0.15) is 0 Å². The highest BCUT2D eigenvalue weighted by Gasteiger charge is 2.50. The van der Waals surface area contributed by atoms with Gasteiger partial charge in [0, 0.05) is 18.9 Å². The second-order valence-corrected chi connectivity index (χ2v) is 4.55. The summed E-state index contributed by atoms with van der Waals surface area (Å²) in [6.45, 7) is 6.01. The molecule has 0 unspecified atom stereocenters. The van der Waals surface area contributed by atoms with Gasteiger partial charge in [0.2, 0.25) is 0 Å². The Morgan fingerprint density at radius 2 is 2.06 bits per heavy atom. The number of hydrogen-bond donors (Lipinski definition) is 1. The third-order valence-electron chi connectivity index (χ3n) is 3.48. The van der Waals surface area contributed by atoms with E-state index in [1.165, 1.54) is 0 Å². The van der Waals surface area contributed by atoms with Crippen LogP contribution in [-0.2, 0) is 9.47 Å². The van der Waals surface area contributed by atoms with Crippen LogP contribution in [0.15, 0.2) is 0 Å². The van der Waals surface area contributed by atoms with Crippen molar-refractivity contribution in [3.63, 3.8) is 0 Å². The molecule has 0 aliphatic carbocycles. The van der Waals surface area contributed by atoms with Gasteiger partial charge in [-0.25, -0.2) is 0 Å². The van der Waals surface area contributed by atoms with Crippen LogP contribution in [0.2, 0.25) is 0 Å². The molecule has 3 nitrogen and oxygen atoms in total.